The van der Waals surface area contributed by atoms with Crippen molar-refractivity contribution in [1.82, 2.24) is 14.8 Å². The molecule has 1 amide bonds. The number of aryl methyl sites for hydroxylation is 2. The average Bonchev–Trinajstić information content (AvgIpc) is 3.44. The van der Waals surface area contributed by atoms with Gasteiger partial charge in [-0.2, -0.15) is 5.10 Å². The highest BCUT2D eigenvalue weighted by atomic mass is 16.1. The van der Waals surface area contributed by atoms with Gasteiger partial charge in [0, 0.05) is 17.1 Å². The highest BCUT2D eigenvalue weighted by molar-refractivity contribution is 6.06. The number of carbonyl (C=O) groups excluding carboxylic acids is 1. The lowest BCUT2D eigenvalue weighted by Crippen LogP contribution is -2.44. The number of hydrogen-bond acceptors (Lipinski definition) is 4. The van der Waals surface area contributed by atoms with Gasteiger partial charge in [0.2, 0.25) is 11.7 Å². The number of aromatic nitrogens is 4. The van der Waals surface area contributed by atoms with Crippen LogP contribution in [0, 0.1) is 5.92 Å². The van der Waals surface area contributed by atoms with Gasteiger partial charge in [-0.1, -0.05) is 6.07 Å². The second-order valence-corrected chi connectivity index (χ2v) is 8.53. The van der Waals surface area contributed by atoms with Crippen molar-refractivity contribution in [1.29, 1.82) is 0 Å². The van der Waals surface area contributed by atoms with Gasteiger partial charge < -0.3 is 10.6 Å². The third-order valence-corrected chi connectivity index (χ3v) is 6.57. The molecule has 2 unspecified atom stereocenters. The maximum Gasteiger partial charge on any atom is 0.324 e. The summed E-state index contributed by atoms with van der Waals surface area (Å²) < 4.78 is 4.39. The van der Waals surface area contributed by atoms with Crippen LogP contribution in [0.15, 0.2) is 41.8 Å². The molecule has 8 nitrogen and oxygen atoms in total. The van der Waals surface area contributed by atoms with E-state index >= 15 is 0 Å². The minimum absolute atomic E-state index is 0.0490. The number of anilines is 2. The monoisotopic (exact) mass is 402 g/mol. The van der Waals surface area contributed by atoms with Crippen LogP contribution in [0.5, 0.6) is 0 Å². The molecule has 0 bridgehead atoms. The Labute approximate surface area is 174 Å². The number of H-pyrrole nitrogens is 1. The Hall–Kier alpha value is -3.42. The van der Waals surface area contributed by atoms with Crippen molar-refractivity contribution in [2.45, 2.75) is 38.3 Å². The van der Waals surface area contributed by atoms with E-state index in [-0.39, 0.29) is 11.9 Å². The summed E-state index contributed by atoms with van der Waals surface area (Å²) in [7, 11) is 2.05. The molecule has 1 aliphatic carbocycles. The number of hydrogen-bond donors (Lipinski definition) is 3. The Kier molecular flexibility index (Phi) is 3.81. The lowest BCUT2D eigenvalue weighted by Gasteiger charge is -2.29. The second kappa shape index (κ2) is 6.55. The fourth-order valence-electron chi connectivity index (χ4n) is 4.98. The Morgan fingerprint density at radius 1 is 1.30 bits per heavy atom. The average molecular weight is 402 g/mol. The van der Waals surface area contributed by atoms with Crippen LogP contribution >= 0.6 is 0 Å². The standard InChI is InChI=1S/C22H23N7O/c1-28-6-7-29-12-19(13-2-3-15-11-23-27-18(15)8-13)26-21(22(28)29)24-16-5-4-14-9-20(30)25-17(14)10-16/h4-7,10-11,13,19H,2-3,8-9,12H2,1H3,(H2-,23,24,25,26,27,30)/p+1. The summed E-state index contributed by atoms with van der Waals surface area (Å²) in [5.74, 6) is 2.47. The smallest absolute Gasteiger partial charge is 0.324 e. The second-order valence-electron chi connectivity index (χ2n) is 8.53. The fourth-order valence-corrected chi connectivity index (χ4v) is 4.98. The highest BCUT2D eigenvalue weighted by Crippen LogP contribution is 2.31. The first-order valence-electron chi connectivity index (χ1n) is 10.5. The number of imidazole rings is 1. The first-order valence-corrected chi connectivity index (χ1v) is 10.5. The predicted octanol–water partition coefficient (Wildman–Crippen LogP) is 1.58. The van der Waals surface area contributed by atoms with E-state index < -0.39 is 0 Å². The number of nitrogens with zero attached hydrogens (tertiary/aromatic N) is 4. The van der Waals surface area contributed by atoms with Crippen LogP contribution < -0.4 is 15.2 Å². The summed E-state index contributed by atoms with van der Waals surface area (Å²) >= 11 is 0. The van der Waals surface area contributed by atoms with E-state index in [9.17, 15) is 4.79 Å². The number of nitrogens with one attached hydrogen (secondary N) is 3. The van der Waals surface area contributed by atoms with Crippen LogP contribution in [0.4, 0.5) is 11.4 Å². The van der Waals surface area contributed by atoms with Gasteiger partial charge in [-0.15, -0.1) is 0 Å². The van der Waals surface area contributed by atoms with Gasteiger partial charge >= 0.3 is 5.82 Å². The van der Waals surface area contributed by atoms with Crippen LogP contribution in [0.3, 0.4) is 0 Å². The normalized spacial score (nSPS) is 22.0. The van der Waals surface area contributed by atoms with E-state index in [1.807, 2.05) is 31.4 Å². The topological polar surface area (TPSA) is 91.0 Å². The van der Waals surface area contributed by atoms with Crippen LogP contribution in [0.1, 0.15) is 29.1 Å². The molecule has 0 saturated heterocycles. The molecule has 152 valence electrons. The largest absolute Gasteiger partial charge is 0.334 e. The molecule has 3 N–H and O–H groups in total. The quantitative estimate of drug-likeness (QED) is 0.569. The van der Waals surface area contributed by atoms with E-state index in [1.165, 1.54) is 11.3 Å². The van der Waals surface area contributed by atoms with Crippen molar-refractivity contribution in [3.05, 3.63) is 59.4 Å². The lowest BCUT2D eigenvalue weighted by atomic mass is 9.83. The van der Waals surface area contributed by atoms with Crippen molar-refractivity contribution >= 4 is 23.1 Å². The summed E-state index contributed by atoms with van der Waals surface area (Å²) in [4.78, 5) is 16.9. The molecule has 2 aliphatic heterocycles. The van der Waals surface area contributed by atoms with E-state index in [0.29, 0.717) is 12.3 Å². The zero-order valence-electron chi connectivity index (χ0n) is 16.9. The maximum atomic E-state index is 11.7. The molecule has 0 radical (unpaired) electrons. The van der Waals surface area contributed by atoms with Crippen molar-refractivity contribution in [3.8, 4) is 0 Å². The number of amidine groups is 1. The van der Waals surface area contributed by atoms with Crippen molar-refractivity contribution in [2.24, 2.45) is 18.0 Å². The van der Waals surface area contributed by atoms with Gasteiger partial charge in [0.15, 0.2) is 0 Å². The molecule has 2 aromatic heterocycles. The highest BCUT2D eigenvalue weighted by Gasteiger charge is 2.36. The molecular formula is C22H24N7O+. The van der Waals surface area contributed by atoms with E-state index in [0.717, 1.165) is 54.4 Å². The maximum absolute atomic E-state index is 11.7. The van der Waals surface area contributed by atoms with E-state index in [1.54, 1.807) is 0 Å². The fraction of sp³-hybridized carbons (Fsp3) is 0.364. The molecular weight excluding hydrogens is 378 g/mol. The Bertz CT molecular complexity index is 1190. The van der Waals surface area contributed by atoms with Gasteiger partial charge in [0.25, 0.3) is 0 Å². The molecule has 3 aliphatic rings. The number of aromatic amines is 1. The van der Waals surface area contributed by atoms with Gasteiger partial charge in [-0.25, -0.2) is 9.13 Å². The number of carbonyl (C=O) groups is 1. The number of fused-ring (bicyclic) bond motifs is 3. The molecule has 1 aromatic carbocycles. The van der Waals surface area contributed by atoms with Gasteiger partial charge in [0.05, 0.1) is 25.7 Å². The van der Waals surface area contributed by atoms with Crippen LogP contribution in [-0.4, -0.2) is 32.5 Å². The third-order valence-electron chi connectivity index (χ3n) is 6.57. The number of aliphatic imine (C=N–C) groups is 1. The number of rotatable bonds is 2. The first kappa shape index (κ1) is 17.4. The Morgan fingerprint density at radius 3 is 3.17 bits per heavy atom. The summed E-state index contributed by atoms with van der Waals surface area (Å²) in [5.41, 5.74) is 5.46. The van der Waals surface area contributed by atoms with Crippen LogP contribution in [0.25, 0.3) is 0 Å². The molecule has 4 heterocycles. The SMILES string of the molecule is C[n+]1ccn2c1C(Nc1ccc3c(c1)NC(=O)C3)=NC(C1CCc3cn[nH]c3C1)C2. The van der Waals surface area contributed by atoms with Gasteiger partial charge in [-0.3, -0.25) is 14.9 Å². The van der Waals surface area contributed by atoms with Crippen LogP contribution in [-0.2, 0) is 37.6 Å². The van der Waals surface area contributed by atoms with Crippen molar-refractivity contribution in [3.63, 3.8) is 0 Å². The summed E-state index contributed by atoms with van der Waals surface area (Å²) in [6.45, 7) is 0.885. The first-order chi connectivity index (χ1) is 14.6. The zero-order valence-corrected chi connectivity index (χ0v) is 16.9. The molecule has 8 heteroatoms. The molecule has 6 rings (SSSR count). The molecule has 2 atom stereocenters. The molecule has 30 heavy (non-hydrogen) atoms. The number of amides is 1. The van der Waals surface area contributed by atoms with Gasteiger partial charge in [0.1, 0.15) is 18.9 Å². The molecule has 0 fully saturated rings. The zero-order chi connectivity index (χ0) is 20.2. The summed E-state index contributed by atoms with van der Waals surface area (Å²) in [6, 6.07) is 6.24. The number of benzene rings is 1. The molecule has 0 saturated carbocycles. The minimum Gasteiger partial charge on any atom is -0.334 e. The van der Waals surface area contributed by atoms with E-state index in [4.69, 9.17) is 4.99 Å². The van der Waals surface area contributed by atoms with E-state index in [2.05, 4.69) is 42.4 Å². The van der Waals surface area contributed by atoms with Crippen LogP contribution in [0.2, 0.25) is 0 Å². The lowest BCUT2D eigenvalue weighted by molar-refractivity contribution is -0.672. The third kappa shape index (κ3) is 2.82. The van der Waals surface area contributed by atoms with Crippen molar-refractivity contribution in [2.75, 3.05) is 10.6 Å². The van der Waals surface area contributed by atoms with Gasteiger partial charge in [-0.05, 0) is 48.4 Å². The Balaban J connectivity index is 1.32. The van der Waals surface area contributed by atoms with Crippen molar-refractivity contribution < 1.29 is 9.36 Å². The minimum atomic E-state index is 0.0490. The Morgan fingerprint density at radius 2 is 2.23 bits per heavy atom. The molecule has 3 aromatic rings. The predicted molar refractivity (Wildman–Crippen MR) is 112 cm³/mol. The molecule has 0 spiro atoms. The summed E-state index contributed by atoms with van der Waals surface area (Å²) in [5, 5.41) is 13.8. The summed E-state index contributed by atoms with van der Waals surface area (Å²) in [6.07, 6.45) is 9.79.